The highest BCUT2D eigenvalue weighted by molar-refractivity contribution is 5.49. The Morgan fingerprint density at radius 1 is 1.35 bits per heavy atom. The molecule has 1 aromatic carbocycles. The maximum Gasteiger partial charge on any atom is 0.120 e. The number of rotatable bonds is 7. The van der Waals surface area contributed by atoms with E-state index in [0.29, 0.717) is 6.54 Å². The molecule has 0 bridgehead atoms. The predicted octanol–water partition coefficient (Wildman–Crippen LogP) is 1.50. The summed E-state index contributed by atoms with van der Waals surface area (Å²) in [6.45, 7) is 1.46. The van der Waals surface area contributed by atoms with Crippen LogP contribution in [0.5, 0.6) is 5.75 Å². The Morgan fingerprint density at radius 3 is 2.71 bits per heavy atom. The predicted molar refractivity (Wildman–Crippen MR) is 70.7 cm³/mol. The maximum absolute atomic E-state index is 5.59. The molecule has 1 atom stereocenters. The third-order valence-corrected chi connectivity index (χ3v) is 2.88. The van der Waals surface area contributed by atoms with Crippen LogP contribution in [0.15, 0.2) is 24.3 Å². The molecular formula is C13H22N2O2. The van der Waals surface area contributed by atoms with Crippen molar-refractivity contribution in [1.29, 1.82) is 0 Å². The molecular weight excluding hydrogens is 216 g/mol. The largest absolute Gasteiger partial charge is 0.497 e. The molecule has 1 unspecified atom stereocenters. The molecule has 2 N–H and O–H groups in total. The number of ether oxygens (including phenoxy) is 2. The minimum atomic E-state index is 0.128. The lowest BCUT2D eigenvalue weighted by atomic mass is 10.2. The molecule has 4 heteroatoms. The van der Waals surface area contributed by atoms with Crippen LogP contribution in [0.25, 0.3) is 0 Å². The smallest absolute Gasteiger partial charge is 0.120 e. The molecule has 4 nitrogen and oxygen atoms in total. The van der Waals surface area contributed by atoms with Crippen molar-refractivity contribution in [3.8, 4) is 5.75 Å². The zero-order chi connectivity index (χ0) is 12.7. The van der Waals surface area contributed by atoms with Gasteiger partial charge >= 0.3 is 0 Å². The van der Waals surface area contributed by atoms with Crippen molar-refractivity contribution in [3.63, 3.8) is 0 Å². The SMILES string of the molecule is COc1cccc(N(C)CCC(CN)OC)c1. The van der Waals surface area contributed by atoms with Gasteiger partial charge in [0.1, 0.15) is 5.75 Å². The molecule has 96 valence electrons. The third-order valence-electron chi connectivity index (χ3n) is 2.88. The second-order valence-corrected chi connectivity index (χ2v) is 4.01. The van der Waals surface area contributed by atoms with E-state index in [1.54, 1.807) is 14.2 Å². The van der Waals surface area contributed by atoms with Crippen molar-refractivity contribution in [1.82, 2.24) is 0 Å². The average molecular weight is 238 g/mol. The highest BCUT2D eigenvalue weighted by Gasteiger charge is 2.07. The first kappa shape index (κ1) is 13.8. The minimum Gasteiger partial charge on any atom is -0.497 e. The molecule has 0 aromatic heterocycles. The van der Waals surface area contributed by atoms with E-state index in [4.69, 9.17) is 15.2 Å². The Kier molecular flexibility index (Phi) is 5.80. The van der Waals surface area contributed by atoms with Crippen LogP contribution in [-0.2, 0) is 4.74 Å². The number of benzene rings is 1. The van der Waals surface area contributed by atoms with Gasteiger partial charge in [-0.05, 0) is 18.6 Å². The summed E-state index contributed by atoms with van der Waals surface area (Å²) in [6.07, 6.45) is 1.05. The fraction of sp³-hybridized carbons (Fsp3) is 0.538. The summed E-state index contributed by atoms with van der Waals surface area (Å²) < 4.78 is 10.5. The van der Waals surface area contributed by atoms with Crippen molar-refractivity contribution in [2.75, 3.05) is 39.3 Å². The van der Waals surface area contributed by atoms with Crippen LogP contribution in [0.1, 0.15) is 6.42 Å². The van der Waals surface area contributed by atoms with Crippen molar-refractivity contribution in [2.45, 2.75) is 12.5 Å². The summed E-state index contributed by atoms with van der Waals surface area (Å²) in [5.74, 6) is 0.872. The Hall–Kier alpha value is -1.26. The maximum atomic E-state index is 5.59. The van der Waals surface area contributed by atoms with Gasteiger partial charge < -0.3 is 20.1 Å². The lowest BCUT2D eigenvalue weighted by molar-refractivity contribution is 0.104. The Balaban J connectivity index is 2.53. The molecule has 17 heavy (non-hydrogen) atoms. The summed E-state index contributed by atoms with van der Waals surface area (Å²) in [5.41, 5.74) is 6.73. The second-order valence-electron chi connectivity index (χ2n) is 4.01. The Morgan fingerprint density at radius 2 is 2.12 bits per heavy atom. The van der Waals surface area contributed by atoms with Crippen LogP contribution in [0.3, 0.4) is 0 Å². The summed E-state index contributed by atoms with van der Waals surface area (Å²) in [4.78, 5) is 2.17. The van der Waals surface area contributed by atoms with Gasteiger partial charge in [0.2, 0.25) is 0 Å². The van der Waals surface area contributed by atoms with Crippen molar-refractivity contribution in [2.24, 2.45) is 5.73 Å². The third kappa shape index (κ3) is 4.24. The van der Waals surface area contributed by atoms with Crippen LogP contribution in [0.4, 0.5) is 5.69 Å². The van der Waals surface area contributed by atoms with E-state index in [1.165, 1.54) is 0 Å². The number of hydrogen-bond acceptors (Lipinski definition) is 4. The van der Waals surface area contributed by atoms with Gasteiger partial charge in [0.05, 0.1) is 13.2 Å². The van der Waals surface area contributed by atoms with Gasteiger partial charge in [-0.3, -0.25) is 0 Å². The van der Waals surface area contributed by atoms with Crippen LogP contribution < -0.4 is 15.4 Å². The van der Waals surface area contributed by atoms with E-state index in [-0.39, 0.29) is 6.10 Å². The molecule has 0 aliphatic rings. The number of nitrogens with zero attached hydrogens (tertiary/aromatic N) is 1. The van der Waals surface area contributed by atoms with Gasteiger partial charge in [0.25, 0.3) is 0 Å². The van der Waals surface area contributed by atoms with E-state index in [9.17, 15) is 0 Å². The van der Waals surface area contributed by atoms with Crippen molar-refractivity contribution in [3.05, 3.63) is 24.3 Å². The molecule has 0 fully saturated rings. The molecule has 0 saturated heterocycles. The van der Waals surface area contributed by atoms with Gasteiger partial charge in [0, 0.05) is 39.0 Å². The Labute approximate surface area is 103 Å². The standard InChI is InChI=1S/C13H22N2O2/c1-15(8-7-13(10-14)17-3)11-5-4-6-12(9-11)16-2/h4-6,9,13H,7-8,10,14H2,1-3H3. The molecule has 0 heterocycles. The van der Waals surface area contributed by atoms with Gasteiger partial charge in [-0.2, -0.15) is 0 Å². The highest BCUT2D eigenvalue weighted by Crippen LogP contribution is 2.20. The second kappa shape index (κ2) is 7.14. The zero-order valence-corrected chi connectivity index (χ0v) is 10.8. The van der Waals surface area contributed by atoms with E-state index in [1.807, 2.05) is 18.2 Å². The van der Waals surface area contributed by atoms with Crippen molar-refractivity contribution < 1.29 is 9.47 Å². The molecule has 1 rings (SSSR count). The highest BCUT2D eigenvalue weighted by atomic mass is 16.5. The minimum absolute atomic E-state index is 0.128. The van der Waals surface area contributed by atoms with Crippen LogP contribution in [-0.4, -0.2) is 40.5 Å². The van der Waals surface area contributed by atoms with Gasteiger partial charge in [-0.15, -0.1) is 0 Å². The average Bonchev–Trinajstić information content (AvgIpc) is 2.39. The van der Waals surface area contributed by atoms with E-state index in [2.05, 4.69) is 18.0 Å². The molecule has 0 saturated carbocycles. The lowest BCUT2D eigenvalue weighted by Gasteiger charge is -2.22. The topological polar surface area (TPSA) is 47.7 Å². The van der Waals surface area contributed by atoms with E-state index in [0.717, 1.165) is 24.4 Å². The number of methoxy groups -OCH3 is 2. The number of anilines is 1. The van der Waals surface area contributed by atoms with Crippen molar-refractivity contribution >= 4 is 5.69 Å². The molecule has 0 amide bonds. The van der Waals surface area contributed by atoms with Crippen LogP contribution >= 0.6 is 0 Å². The lowest BCUT2D eigenvalue weighted by Crippen LogP contribution is -2.28. The molecule has 0 aliphatic carbocycles. The normalized spacial score (nSPS) is 12.2. The Bertz CT molecular complexity index is 327. The summed E-state index contributed by atoms with van der Waals surface area (Å²) >= 11 is 0. The summed E-state index contributed by atoms with van der Waals surface area (Å²) in [7, 11) is 5.43. The van der Waals surface area contributed by atoms with Gasteiger partial charge in [0.15, 0.2) is 0 Å². The van der Waals surface area contributed by atoms with Crippen LogP contribution in [0, 0.1) is 0 Å². The summed E-state index contributed by atoms with van der Waals surface area (Å²) in [5, 5.41) is 0. The molecule has 0 radical (unpaired) electrons. The first-order valence-corrected chi connectivity index (χ1v) is 5.79. The van der Waals surface area contributed by atoms with Gasteiger partial charge in [-0.25, -0.2) is 0 Å². The van der Waals surface area contributed by atoms with E-state index >= 15 is 0 Å². The molecule has 0 aliphatic heterocycles. The molecule has 0 spiro atoms. The fourth-order valence-corrected chi connectivity index (χ4v) is 1.65. The number of nitrogens with two attached hydrogens (primary N) is 1. The first-order chi connectivity index (χ1) is 8.21. The summed E-state index contributed by atoms with van der Waals surface area (Å²) in [6, 6.07) is 8.01. The monoisotopic (exact) mass is 238 g/mol. The molecule has 1 aromatic rings. The fourth-order valence-electron chi connectivity index (χ4n) is 1.65. The van der Waals surface area contributed by atoms with E-state index < -0.39 is 0 Å². The number of hydrogen-bond donors (Lipinski definition) is 1. The zero-order valence-electron chi connectivity index (χ0n) is 10.8. The first-order valence-electron chi connectivity index (χ1n) is 5.79. The quantitative estimate of drug-likeness (QED) is 0.782. The van der Waals surface area contributed by atoms with Crippen LogP contribution in [0.2, 0.25) is 0 Å². The van der Waals surface area contributed by atoms with Gasteiger partial charge in [-0.1, -0.05) is 6.07 Å².